The zero-order chi connectivity index (χ0) is 13.3. The number of aromatic nitrogens is 1. The van der Waals surface area contributed by atoms with Crippen LogP contribution < -0.4 is 0 Å². The molecule has 0 atom stereocenters. The molecular formula is C8H2F6N2S. The molecular weight excluding hydrogens is 270 g/mol. The van der Waals surface area contributed by atoms with Crippen molar-refractivity contribution in [1.82, 2.24) is 4.98 Å². The van der Waals surface area contributed by atoms with Gasteiger partial charge in [-0.05, 0) is 17.8 Å². The van der Waals surface area contributed by atoms with Crippen molar-refractivity contribution >= 4 is 11.8 Å². The van der Waals surface area contributed by atoms with E-state index in [0.29, 0.717) is 6.07 Å². The Balaban J connectivity index is 3.28. The second kappa shape index (κ2) is 4.44. The molecule has 0 saturated carbocycles. The molecule has 0 aliphatic heterocycles. The highest BCUT2D eigenvalue weighted by atomic mass is 32.2. The SMILES string of the molecule is N#Cc1cc(SC(F)(F)F)c(C(F)(F)F)cn1. The van der Waals surface area contributed by atoms with Crippen molar-refractivity contribution in [3.05, 3.63) is 23.5 Å². The van der Waals surface area contributed by atoms with Crippen LogP contribution in [0.3, 0.4) is 0 Å². The Morgan fingerprint density at radius 1 is 1.18 bits per heavy atom. The van der Waals surface area contributed by atoms with E-state index in [0.717, 1.165) is 0 Å². The molecule has 0 aromatic carbocycles. The fourth-order valence-electron chi connectivity index (χ4n) is 0.920. The monoisotopic (exact) mass is 272 g/mol. The Kier molecular flexibility index (Phi) is 3.56. The van der Waals surface area contributed by atoms with Gasteiger partial charge < -0.3 is 0 Å². The number of hydrogen-bond acceptors (Lipinski definition) is 3. The highest BCUT2D eigenvalue weighted by Crippen LogP contribution is 2.43. The minimum atomic E-state index is -4.95. The first-order valence-corrected chi connectivity index (χ1v) is 4.68. The lowest BCUT2D eigenvalue weighted by atomic mass is 10.2. The van der Waals surface area contributed by atoms with Crippen molar-refractivity contribution in [2.45, 2.75) is 16.6 Å². The van der Waals surface area contributed by atoms with Crippen LogP contribution in [0, 0.1) is 11.3 Å². The molecule has 1 rings (SSSR count). The van der Waals surface area contributed by atoms with Gasteiger partial charge in [0.2, 0.25) is 0 Å². The average Bonchev–Trinajstić information content (AvgIpc) is 2.13. The maximum Gasteiger partial charge on any atom is 0.446 e. The van der Waals surface area contributed by atoms with Crippen LogP contribution in [0.4, 0.5) is 26.3 Å². The summed E-state index contributed by atoms with van der Waals surface area (Å²) in [4.78, 5) is 2.01. The molecule has 17 heavy (non-hydrogen) atoms. The Bertz CT molecular complexity index is 459. The predicted molar refractivity (Wildman–Crippen MR) is 45.9 cm³/mol. The Hall–Kier alpha value is -1.43. The number of thioether (sulfide) groups is 1. The molecule has 0 aliphatic carbocycles. The molecule has 0 radical (unpaired) electrons. The largest absolute Gasteiger partial charge is 0.446 e. The summed E-state index contributed by atoms with van der Waals surface area (Å²) in [7, 11) is 0. The average molecular weight is 272 g/mol. The summed E-state index contributed by atoms with van der Waals surface area (Å²) in [5.74, 6) is 0. The molecule has 0 bridgehead atoms. The van der Waals surface area contributed by atoms with Gasteiger partial charge in [0.25, 0.3) is 0 Å². The number of nitrogens with zero attached hydrogens (tertiary/aromatic N) is 2. The van der Waals surface area contributed by atoms with Crippen molar-refractivity contribution in [3.63, 3.8) is 0 Å². The first-order valence-electron chi connectivity index (χ1n) is 3.86. The third-order valence-electron chi connectivity index (χ3n) is 1.51. The van der Waals surface area contributed by atoms with Crippen LogP contribution >= 0.6 is 11.8 Å². The van der Waals surface area contributed by atoms with Gasteiger partial charge in [-0.2, -0.15) is 31.6 Å². The van der Waals surface area contributed by atoms with Gasteiger partial charge in [-0.15, -0.1) is 0 Å². The van der Waals surface area contributed by atoms with E-state index >= 15 is 0 Å². The maximum absolute atomic E-state index is 12.4. The van der Waals surface area contributed by atoms with Crippen molar-refractivity contribution in [3.8, 4) is 6.07 Å². The highest BCUT2D eigenvalue weighted by Gasteiger charge is 2.39. The molecule has 1 aromatic heterocycles. The number of halogens is 6. The zero-order valence-corrected chi connectivity index (χ0v) is 8.54. The molecule has 0 spiro atoms. The lowest BCUT2D eigenvalue weighted by Gasteiger charge is -2.13. The van der Waals surface area contributed by atoms with Crippen LogP contribution in [0.2, 0.25) is 0 Å². The zero-order valence-electron chi connectivity index (χ0n) is 7.73. The number of rotatable bonds is 1. The molecule has 0 N–H and O–H groups in total. The van der Waals surface area contributed by atoms with Gasteiger partial charge in [-0.1, -0.05) is 0 Å². The van der Waals surface area contributed by atoms with Crippen LogP contribution in [-0.2, 0) is 6.18 Å². The highest BCUT2D eigenvalue weighted by molar-refractivity contribution is 8.00. The molecule has 92 valence electrons. The molecule has 0 aliphatic rings. The molecule has 0 saturated heterocycles. The van der Waals surface area contributed by atoms with Crippen molar-refractivity contribution in [2.75, 3.05) is 0 Å². The van der Waals surface area contributed by atoms with Crippen LogP contribution in [0.1, 0.15) is 11.3 Å². The summed E-state index contributed by atoms with van der Waals surface area (Å²) in [6.07, 6.45) is -4.73. The van der Waals surface area contributed by atoms with E-state index in [1.807, 2.05) is 0 Å². The summed E-state index contributed by atoms with van der Waals surface area (Å²) in [6, 6.07) is 1.83. The number of pyridine rings is 1. The number of nitriles is 1. The third kappa shape index (κ3) is 3.81. The number of hydrogen-bond donors (Lipinski definition) is 0. The van der Waals surface area contributed by atoms with E-state index in [2.05, 4.69) is 4.98 Å². The van der Waals surface area contributed by atoms with Crippen LogP contribution in [-0.4, -0.2) is 10.5 Å². The van der Waals surface area contributed by atoms with Crippen LogP contribution in [0.25, 0.3) is 0 Å². The van der Waals surface area contributed by atoms with Gasteiger partial charge in [-0.3, -0.25) is 0 Å². The van der Waals surface area contributed by atoms with Crippen molar-refractivity contribution < 1.29 is 26.3 Å². The Morgan fingerprint density at radius 3 is 2.18 bits per heavy atom. The van der Waals surface area contributed by atoms with E-state index in [1.165, 1.54) is 6.07 Å². The summed E-state index contributed by atoms with van der Waals surface area (Å²) in [6.45, 7) is 0. The quantitative estimate of drug-likeness (QED) is 0.579. The number of alkyl halides is 6. The van der Waals surface area contributed by atoms with Gasteiger partial charge in [0.05, 0.1) is 5.56 Å². The molecule has 2 nitrogen and oxygen atoms in total. The van der Waals surface area contributed by atoms with Crippen LogP contribution in [0.15, 0.2) is 17.2 Å². The van der Waals surface area contributed by atoms with E-state index in [4.69, 9.17) is 5.26 Å². The molecule has 1 aromatic rings. The van der Waals surface area contributed by atoms with Gasteiger partial charge in [0.1, 0.15) is 11.8 Å². The first-order chi connectivity index (χ1) is 7.63. The smallest absolute Gasteiger partial charge is 0.245 e. The van der Waals surface area contributed by atoms with E-state index < -0.39 is 39.6 Å². The Morgan fingerprint density at radius 2 is 1.76 bits per heavy atom. The summed E-state index contributed by atoms with van der Waals surface area (Å²) in [5, 5.41) is 8.37. The van der Waals surface area contributed by atoms with Gasteiger partial charge in [0.15, 0.2) is 0 Å². The summed E-state index contributed by atoms with van der Waals surface area (Å²) < 4.78 is 73.2. The van der Waals surface area contributed by atoms with Gasteiger partial charge >= 0.3 is 11.7 Å². The topological polar surface area (TPSA) is 36.7 Å². The fourth-order valence-corrected chi connectivity index (χ4v) is 1.62. The minimum absolute atomic E-state index is 0.215. The third-order valence-corrected chi connectivity index (χ3v) is 2.30. The lowest BCUT2D eigenvalue weighted by Crippen LogP contribution is -2.10. The second-order valence-corrected chi connectivity index (χ2v) is 3.83. The molecule has 0 amide bonds. The van der Waals surface area contributed by atoms with Crippen LogP contribution in [0.5, 0.6) is 0 Å². The Labute approximate surface area is 95.3 Å². The minimum Gasteiger partial charge on any atom is -0.245 e. The fraction of sp³-hybridized carbons (Fsp3) is 0.250. The van der Waals surface area contributed by atoms with E-state index in [-0.39, 0.29) is 6.20 Å². The van der Waals surface area contributed by atoms with Crippen molar-refractivity contribution in [2.24, 2.45) is 0 Å². The van der Waals surface area contributed by atoms with Crippen molar-refractivity contribution in [1.29, 1.82) is 5.26 Å². The lowest BCUT2D eigenvalue weighted by molar-refractivity contribution is -0.140. The predicted octanol–water partition coefficient (Wildman–Crippen LogP) is 3.58. The molecule has 9 heteroatoms. The maximum atomic E-state index is 12.4. The normalized spacial score (nSPS) is 12.3. The molecule has 0 unspecified atom stereocenters. The standard InChI is InChI=1S/C8H2F6N2S/c9-7(10,11)5-3-16-4(2-15)1-6(5)17-8(12,13)14/h1,3H. The van der Waals surface area contributed by atoms with E-state index in [1.54, 1.807) is 0 Å². The van der Waals surface area contributed by atoms with Gasteiger partial charge in [0, 0.05) is 11.1 Å². The first kappa shape index (κ1) is 13.6. The van der Waals surface area contributed by atoms with Gasteiger partial charge in [-0.25, -0.2) is 4.98 Å². The summed E-state index contributed by atoms with van der Waals surface area (Å²) in [5.41, 5.74) is -6.89. The summed E-state index contributed by atoms with van der Waals surface area (Å²) >= 11 is -0.927. The molecule has 1 heterocycles. The van der Waals surface area contributed by atoms with E-state index in [9.17, 15) is 26.3 Å². The molecule has 0 fully saturated rings. The second-order valence-electron chi connectivity index (χ2n) is 2.72.